The Morgan fingerprint density at radius 3 is 2.41 bits per heavy atom. The summed E-state index contributed by atoms with van der Waals surface area (Å²) < 4.78 is 9.11. The van der Waals surface area contributed by atoms with Gasteiger partial charge in [0.05, 0.1) is 21.7 Å². The topological polar surface area (TPSA) is 47.8 Å². The number of hydrogen-bond acceptors (Lipinski definition) is 4. The van der Waals surface area contributed by atoms with Crippen molar-refractivity contribution in [2.75, 3.05) is 6.61 Å². The molecule has 34 heavy (non-hydrogen) atoms. The number of ether oxygens (including phenoxy) is 1. The van der Waals surface area contributed by atoms with Gasteiger partial charge in [-0.1, -0.05) is 64.5 Å². The largest absolute Gasteiger partial charge is 0.461 e. The SMILES string of the molecule is CCOC(=O)c1c2sc(C(=O)c3ccccc3)c(-c3ccc(Br)cc3)c2c2c(C)cc(C)cn12. The molecule has 0 radical (unpaired) electrons. The third-order valence-electron chi connectivity index (χ3n) is 5.84. The number of aromatic nitrogens is 1. The summed E-state index contributed by atoms with van der Waals surface area (Å²) >= 11 is 4.88. The molecule has 0 unspecified atom stereocenters. The van der Waals surface area contributed by atoms with E-state index in [0.717, 1.165) is 42.3 Å². The maximum Gasteiger partial charge on any atom is 0.356 e. The first kappa shape index (κ1) is 22.6. The molecule has 3 heterocycles. The molecule has 170 valence electrons. The number of halogens is 1. The normalized spacial score (nSPS) is 11.3. The number of ketones is 1. The van der Waals surface area contributed by atoms with Crippen LogP contribution in [0.3, 0.4) is 0 Å². The van der Waals surface area contributed by atoms with Crippen molar-refractivity contribution in [3.8, 4) is 11.1 Å². The Balaban J connectivity index is 1.94. The number of thiophene rings is 1. The van der Waals surface area contributed by atoms with Crippen LogP contribution < -0.4 is 0 Å². The van der Waals surface area contributed by atoms with Crippen LogP contribution in [-0.2, 0) is 4.74 Å². The van der Waals surface area contributed by atoms with Crippen molar-refractivity contribution in [3.05, 3.63) is 98.6 Å². The fourth-order valence-electron chi connectivity index (χ4n) is 4.50. The minimum atomic E-state index is -0.389. The molecule has 0 aliphatic heterocycles. The summed E-state index contributed by atoms with van der Waals surface area (Å²) in [6.07, 6.45) is 1.96. The number of carbonyl (C=O) groups excluding carboxylic acids is 2. The van der Waals surface area contributed by atoms with Gasteiger partial charge in [-0.15, -0.1) is 11.3 Å². The van der Waals surface area contributed by atoms with E-state index in [1.165, 1.54) is 11.3 Å². The summed E-state index contributed by atoms with van der Waals surface area (Å²) in [6, 6.07) is 19.3. The molecule has 0 fully saturated rings. The van der Waals surface area contributed by atoms with Gasteiger partial charge in [-0.05, 0) is 49.6 Å². The Kier molecular flexibility index (Phi) is 5.88. The quantitative estimate of drug-likeness (QED) is 0.173. The first-order valence-electron chi connectivity index (χ1n) is 11.0. The van der Waals surface area contributed by atoms with Gasteiger partial charge in [0.2, 0.25) is 5.78 Å². The van der Waals surface area contributed by atoms with Gasteiger partial charge in [0.1, 0.15) is 5.69 Å². The second kappa shape index (κ2) is 8.85. The monoisotopic (exact) mass is 531 g/mol. The molecule has 2 aromatic carbocycles. The van der Waals surface area contributed by atoms with Gasteiger partial charge in [0.25, 0.3) is 0 Å². The molecule has 0 aliphatic rings. The number of rotatable bonds is 5. The molecule has 0 bridgehead atoms. The van der Waals surface area contributed by atoms with Crippen LogP contribution in [0.1, 0.15) is 43.8 Å². The third kappa shape index (κ3) is 3.67. The van der Waals surface area contributed by atoms with E-state index in [-0.39, 0.29) is 18.4 Å². The Bertz CT molecular complexity index is 1560. The molecule has 0 N–H and O–H groups in total. The fraction of sp³-hybridized carbons (Fsp3) is 0.143. The van der Waals surface area contributed by atoms with Crippen molar-refractivity contribution < 1.29 is 14.3 Å². The van der Waals surface area contributed by atoms with Gasteiger partial charge >= 0.3 is 5.97 Å². The molecule has 5 rings (SSSR count). The van der Waals surface area contributed by atoms with Gasteiger partial charge in [-0.25, -0.2) is 4.79 Å². The highest BCUT2D eigenvalue weighted by Gasteiger charge is 2.30. The van der Waals surface area contributed by atoms with Crippen molar-refractivity contribution in [2.45, 2.75) is 20.8 Å². The predicted molar refractivity (Wildman–Crippen MR) is 141 cm³/mol. The minimum Gasteiger partial charge on any atom is -0.461 e. The van der Waals surface area contributed by atoms with Crippen LogP contribution in [0.2, 0.25) is 0 Å². The number of pyridine rings is 1. The summed E-state index contributed by atoms with van der Waals surface area (Å²) in [7, 11) is 0. The number of fused-ring (bicyclic) bond motifs is 3. The lowest BCUT2D eigenvalue weighted by Gasteiger charge is -2.09. The summed E-state index contributed by atoms with van der Waals surface area (Å²) in [5.74, 6) is -0.447. The highest BCUT2D eigenvalue weighted by molar-refractivity contribution is 9.10. The zero-order valence-electron chi connectivity index (χ0n) is 19.0. The van der Waals surface area contributed by atoms with Crippen LogP contribution >= 0.6 is 27.3 Å². The van der Waals surface area contributed by atoms with E-state index in [4.69, 9.17) is 4.74 Å². The molecule has 0 spiro atoms. The predicted octanol–water partition coefficient (Wildman–Crippen LogP) is 7.61. The number of nitrogens with zero attached hydrogens (tertiary/aromatic N) is 1. The molecule has 0 saturated heterocycles. The Morgan fingerprint density at radius 2 is 1.74 bits per heavy atom. The van der Waals surface area contributed by atoms with E-state index in [2.05, 4.69) is 22.0 Å². The van der Waals surface area contributed by atoms with E-state index in [9.17, 15) is 9.59 Å². The maximum atomic E-state index is 13.7. The Hall–Kier alpha value is -3.22. The van der Waals surface area contributed by atoms with Gasteiger partial charge in [0.15, 0.2) is 0 Å². The fourth-order valence-corrected chi connectivity index (χ4v) is 6.08. The van der Waals surface area contributed by atoms with Crippen LogP contribution in [-0.4, -0.2) is 22.8 Å². The first-order chi connectivity index (χ1) is 16.4. The van der Waals surface area contributed by atoms with Gasteiger partial charge in [-0.2, -0.15) is 0 Å². The molecule has 0 saturated carbocycles. The average molecular weight is 532 g/mol. The first-order valence-corrected chi connectivity index (χ1v) is 12.6. The Labute approximate surface area is 209 Å². The summed E-state index contributed by atoms with van der Waals surface area (Å²) in [4.78, 5) is 27.5. The Morgan fingerprint density at radius 1 is 1.03 bits per heavy atom. The van der Waals surface area contributed by atoms with Crippen LogP contribution in [0, 0.1) is 13.8 Å². The van der Waals surface area contributed by atoms with Crippen molar-refractivity contribution in [1.29, 1.82) is 0 Å². The zero-order chi connectivity index (χ0) is 24.0. The van der Waals surface area contributed by atoms with Gasteiger partial charge < -0.3 is 9.14 Å². The second-order valence-electron chi connectivity index (χ2n) is 8.20. The van der Waals surface area contributed by atoms with Crippen molar-refractivity contribution >= 4 is 54.6 Å². The second-order valence-corrected chi connectivity index (χ2v) is 10.1. The van der Waals surface area contributed by atoms with E-state index >= 15 is 0 Å². The number of esters is 1. The molecule has 0 atom stereocenters. The number of benzene rings is 2. The highest BCUT2D eigenvalue weighted by atomic mass is 79.9. The summed E-state index contributed by atoms with van der Waals surface area (Å²) in [5.41, 5.74) is 5.86. The van der Waals surface area contributed by atoms with E-state index < -0.39 is 0 Å². The van der Waals surface area contributed by atoms with Crippen molar-refractivity contribution in [3.63, 3.8) is 0 Å². The maximum absolute atomic E-state index is 13.7. The molecular weight excluding hydrogens is 510 g/mol. The summed E-state index contributed by atoms with van der Waals surface area (Å²) in [5, 5.41) is 0.909. The molecular formula is C28H22BrNO3S. The minimum absolute atomic E-state index is 0.0579. The zero-order valence-corrected chi connectivity index (χ0v) is 21.4. The van der Waals surface area contributed by atoms with Gasteiger partial charge in [0, 0.05) is 27.2 Å². The standard InChI is InChI=1S/C28H22BrNO3S/c1-4-33-28(32)24-26-22(23-17(3)14-16(2)15-30(23)24)21(18-10-12-20(29)13-11-18)27(34-26)25(31)19-8-6-5-7-9-19/h5-15H,4H2,1-3H3. The average Bonchev–Trinajstić information content (AvgIpc) is 3.34. The van der Waals surface area contributed by atoms with Crippen LogP contribution in [0.5, 0.6) is 0 Å². The number of hydrogen-bond donors (Lipinski definition) is 0. The third-order valence-corrected chi connectivity index (χ3v) is 7.56. The highest BCUT2D eigenvalue weighted by Crippen LogP contribution is 2.46. The lowest BCUT2D eigenvalue weighted by molar-refractivity contribution is 0.0521. The number of aryl methyl sites for hydroxylation is 2. The molecule has 0 aliphatic carbocycles. The molecule has 4 nitrogen and oxygen atoms in total. The van der Waals surface area contributed by atoms with Crippen LogP contribution in [0.25, 0.3) is 26.7 Å². The summed E-state index contributed by atoms with van der Waals surface area (Å²) in [6.45, 7) is 6.13. The van der Waals surface area contributed by atoms with E-state index in [1.807, 2.05) is 79.0 Å². The van der Waals surface area contributed by atoms with Crippen LogP contribution in [0.15, 0.2) is 71.3 Å². The van der Waals surface area contributed by atoms with E-state index in [0.29, 0.717) is 16.1 Å². The molecule has 3 aromatic heterocycles. The van der Waals surface area contributed by atoms with Crippen LogP contribution in [0.4, 0.5) is 0 Å². The number of carbonyl (C=O) groups is 2. The lowest BCUT2D eigenvalue weighted by Crippen LogP contribution is -2.08. The van der Waals surface area contributed by atoms with Crippen molar-refractivity contribution in [1.82, 2.24) is 4.40 Å². The smallest absolute Gasteiger partial charge is 0.356 e. The molecule has 5 aromatic rings. The molecule has 6 heteroatoms. The van der Waals surface area contributed by atoms with Gasteiger partial charge in [-0.3, -0.25) is 4.79 Å². The molecule has 0 amide bonds. The van der Waals surface area contributed by atoms with Crippen molar-refractivity contribution in [2.24, 2.45) is 0 Å². The lowest BCUT2D eigenvalue weighted by atomic mass is 9.98. The van der Waals surface area contributed by atoms with E-state index in [1.54, 1.807) is 6.92 Å².